The second kappa shape index (κ2) is 6.49. The number of aromatic nitrogens is 1. The molecule has 22 heavy (non-hydrogen) atoms. The summed E-state index contributed by atoms with van der Waals surface area (Å²) in [6.45, 7) is 0.906. The molecule has 0 aliphatic carbocycles. The molecule has 0 aliphatic heterocycles. The van der Waals surface area contributed by atoms with Gasteiger partial charge in [-0.25, -0.2) is 13.6 Å². The third-order valence-electron chi connectivity index (χ3n) is 2.16. The highest BCUT2D eigenvalue weighted by Crippen LogP contribution is 2.37. The van der Waals surface area contributed by atoms with E-state index in [9.17, 15) is 36.9 Å². The summed E-state index contributed by atoms with van der Waals surface area (Å²) >= 11 is 0. The number of pyridine rings is 1. The van der Waals surface area contributed by atoms with Crippen LogP contribution in [0.3, 0.4) is 0 Å². The Bertz CT molecular complexity index is 590. The smallest absolute Gasteiger partial charge is 0.462 e. The fourth-order valence-electron chi connectivity index (χ4n) is 1.47. The highest BCUT2D eigenvalue weighted by molar-refractivity contribution is 5.95. The molecule has 0 saturated carbocycles. The zero-order valence-corrected chi connectivity index (χ0v) is 10.7. The van der Waals surface area contributed by atoms with Gasteiger partial charge in [0.15, 0.2) is 11.9 Å². The van der Waals surface area contributed by atoms with Gasteiger partial charge in [-0.2, -0.15) is 0 Å². The first kappa shape index (κ1) is 17.5. The second-order valence-electron chi connectivity index (χ2n) is 3.56. The maximum Gasteiger partial charge on any atom is 0.573 e. The summed E-state index contributed by atoms with van der Waals surface area (Å²) in [5.41, 5.74) is -3.00. The van der Waals surface area contributed by atoms with Gasteiger partial charge in [-0.05, 0) is 16.8 Å². The Hall–Kier alpha value is -2.53. The van der Waals surface area contributed by atoms with Crippen molar-refractivity contribution in [2.75, 3.05) is 6.61 Å². The average Bonchev–Trinajstić information content (AvgIpc) is 2.35. The molecule has 0 radical (unpaired) electrons. The Labute approximate surface area is 118 Å². The molecule has 0 fully saturated rings. The van der Waals surface area contributed by atoms with Gasteiger partial charge in [0.1, 0.15) is 11.1 Å². The molecule has 12 heteroatoms. The van der Waals surface area contributed by atoms with Crippen LogP contribution in [0.4, 0.5) is 27.8 Å². The number of ether oxygens (including phenoxy) is 2. The van der Waals surface area contributed by atoms with Crippen molar-refractivity contribution in [3.8, 4) is 5.75 Å². The van der Waals surface area contributed by atoms with Crippen LogP contribution in [0.1, 0.15) is 29.3 Å². The van der Waals surface area contributed by atoms with Gasteiger partial charge in [-0.1, -0.05) is 0 Å². The number of hydrogen-bond acceptors (Lipinski definition) is 6. The van der Waals surface area contributed by atoms with Crippen LogP contribution in [0, 0.1) is 10.1 Å². The molecule has 0 atom stereocenters. The first-order valence-electron chi connectivity index (χ1n) is 5.46. The molecule has 0 unspecified atom stereocenters. The monoisotopic (exact) mass is 330 g/mol. The molecule has 1 rings (SSSR count). The maximum absolute atomic E-state index is 13.0. The molecule has 7 nitrogen and oxygen atoms in total. The van der Waals surface area contributed by atoms with E-state index in [4.69, 9.17) is 0 Å². The van der Waals surface area contributed by atoms with E-state index in [0.29, 0.717) is 0 Å². The number of halogens is 5. The van der Waals surface area contributed by atoms with Crippen LogP contribution in [-0.4, -0.2) is 28.8 Å². The summed E-state index contributed by atoms with van der Waals surface area (Å²) in [6, 6.07) is 0. The van der Waals surface area contributed by atoms with Gasteiger partial charge < -0.3 is 19.6 Å². The largest absolute Gasteiger partial charge is 0.573 e. The molecule has 122 valence electrons. The van der Waals surface area contributed by atoms with Crippen molar-refractivity contribution < 1.29 is 41.1 Å². The number of nitrogens with zero attached hydrogens (tertiary/aromatic N) is 2. The van der Waals surface area contributed by atoms with Gasteiger partial charge in [0.2, 0.25) is 0 Å². The highest BCUT2D eigenvalue weighted by atomic mass is 19.4. The fourth-order valence-corrected chi connectivity index (χ4v) is 1.47. The number of hydrogen-bond donors (Lipinski definition) is 0. The average molecular weight is 330 g/mol. The molecule has 0 aliphatic rings. The first-order chi connectivity index (χ1) is 10.1. The molecular formula is C10H7F5N2O5. The Morgan fingerprint density at radius 3 is 2.45 bits per heavy atom. The fraction of sp³-hybridized carbons (Fsp3) is 0.400. The van der Waals surface area contributed by atoms with Crippen molar-refractivity contribution in [3.63, 3.8) is 0 Å². The zero-order chi connectivity index (χ0) is 17.1. The Morgan fingerprint density at radius 1 is 1.45 bits per heavy atom. The van der Waals surface area contributed by atoms with Crippen molar-refractivity contribution in [1.29, 1.82) is 0 Å². The normalized spacial score (nSPS) is 11.4. The molecule has 0 bridgehead atoms. The molecule has 1 aromatic rings. The lowest BCUT2D eigenvalue weighted by atomic mass is 10.1. The van der Waals surface area contributed by atoms with Crippen molar-refractivity contribution in [2.24, 2.45) is 0 Å². The summed E-state index contributed by atoms with van der Waals surface area (Å²) in [6.07, 6.45) is -8.81. The minimum atomic E-state index is -5.32. The van der Waals surface area contributed by atoms with Crippen molar-refractivity contribution in [3.05, 3.63) is 27.4 Å². The summed E-state index contributed by atoms with van der Waals surface area (Å²) in [5.74, 6) is -4.50. The topological polar surface area (TPSA) is 91.6 Å². The molecular weight excluding hydrogens is 323 g/mol. The SMILES string of the molecule is CCOC(=O)c1c(OC(F)(F)F)cnc([N+](=O)[O-])c1C(F)F. The van der Waals surface area contributed by atoms with Crippen LogP contribution < -0.4 is 4.74 Å². The predicted octanol–water partition coefficient (Wildman–Crippen LogP) is 3.00. The number of alkyl halides is 5. The second-order valence-corrected chi connectivity index (χ2v) is 3.56. The molecule has 1 heterocycles. The van der Waals surface area contributed by atoms with Crippen LogP contribution >= 0.6 is 0 Å². The number of carbonyl (C=O) groups is 1. The third kappa shape index (κ3) is 3.99. The van der Waals surface area contributed by atoms with Crippen LogP contribution in [0.5, 0.6) is 5.75 Å². The van der Waals surface area contributed by atoms with E-state index in [2.05, 4.69) is 14.5 Å². The minimum Gasteiger partial charge on any atom is -0.462 e. The van der Waals surface area contributed by atoms with E-state index in [-0.39, 0.29) is 12.8 Å². The predicted molar refractivity (Wildman–Crippen MR) is 58.5 cm³/mol. The minimum absolute atomic E-state index is 0.157. The van der Waals surface area contributed by atoms with E-state index in [0.717, 1.165) is 0 Å². The molecule has 0 spiro atoms. The lowest BCUT2D eigenvalue weighted by molar-refractivity contribution is -0.391. The van der Waals surface area contributed by atoms with Gasteiger partial charge in [-0.15, -0.1) is 13.2 Å². The van der Waals surface area contributed by atoms with Gasteiger partial charge in [0.05, 0.1) is 6.61 Å². The third-order valence-corrected chi connectivity index (χ3v) is 2.16. The standard InChI is InChI=1S/C10H7F5N2O5/c1-2-21-9(18)5-4(22-10(13,14)15)3-16-8(17(19)20)6(5)7(11)12/h3,7H,2H2,1H3. The van der Waals surface area contributed by atoms with E-state index < -0.39 is 46.4 Å². The van der Waals surface area contributed by atoms with Crippen molar-refractivity contribution in [1.82, 2.24) is 4.98 Å². The van der Waals surface area contributed by atoms with E-state index in [1.54, 1.807) is 0 Å². The highest BCUT2D eigenvalue weighted by Gasteiger charge is 2.39. The van der Waals surface area contributed by atoms with Crippen LogP contribution in [-0.2, 0) is 4.74 Å². The number of esters is 1. The summed E-state index contributed by atoms with van der Waals surface area (Å²) in [7, 11) is 0. The zero-order valence-electron chi connectivity index (χ0n) is 10.7. The Kier molecular flexibility index (Phi) is 5.17. The lowest BCUT2D eigenvalue weighted by Gasteiger charge is -2.14. The molecule has 1 aromatic heterocycles. The number of rotatable bonds is 5. The van der Waals surface area contributed by atoms with E-state index >= 15 is 0 Å². The number of nitro groups is 1. The molecule has 0 amide bonds. The lowest BCUT2D eigenvalue weighted by Crippen LogP contribution is -2.21. The van der Waals surface area contributed by atoms with Crippen molar-refractivity contribution in [2.45, 2.75) is 19.7 Å². The molecule has 0 N–H and O–H groups in total. The van der Waals surface area contributed by atoms with Crippen LogP contribution in [0.15, 0.2) is 6.20 Å². The summed E-state index contributed by atoms with van der Waals surface area (Å²) < 4.78 is 70.4. The quantitative estimate of drug-likeness (QED) is 0.357. The molecule has 0 aromatic carbocycles. The Balaban J connectivity index is 3.62. The first-order valence-corrected chi connectivity index (χ1v) is 5.46. The van der Waals surface area contributed by atoms with Gasteiger partial charge in [0, 0.05) is 0 Å². The summed E-state index contributed by atoms with van der Waals surface area (Å²) in [4.78, 5) is 23.8. The number of carbonyl (C=O) groups excluding carboxylic acids is 1. The van der Waals surface area contributed by atoms with Crippen LogP contribution in [0.25, 0.3) is 0 Å². The Morgan fingerprint density at radius 2 is 2.05 bits per heavy atom. The van der Waals surface area contributed by atoms with Gasteiger partial charge in [0.25, 0.3) is 6.43 Å². The maximum atomic E-state index is 13.0. The van der Waals surface area contributed by atoms with Crippen molar-refractivity contribution >= 4 is 11.8 Å². The van der Waals surface area contributed by atoms with Gasteiger partial charge in [-0.3, -0.25) is 0 Å². The van der Waals surface area contributed by atoms with E-state index in [1.807, 2.05) is 0 Å². The van der Waals surface area contributed by atoms with Gasteiger partial charge >= 0.3 is 18.1 Å². The van der Waals surface area contributed by atoms with E-state index in [1.165, 1.54) is 6.92 Å². The summed E-state index contributed by atoms with van der Waals surface area (Å²) in [5, 5.41) is 10.6. The molecule has 0 saturated heterocycles. The van der Waals surface area contributed by atoms with Crippen LogP contribution in [0.2, 0.25) is 0 Å².